The highest BCUT2D eigenvalue weighted by Gasteiger charge is 2.45. The first-order valence-corrected chi connectivity index (χ1v) is 6.40. The Bertz CT molecular complexity index is 339. The molecule has 1 fully saturated rings. The van der Waals surface area contributed by atoms with Gasteiger partial charge in [0.2, 0.25) is 0 Å². The Morgan fingerprint density at radius 1 is 1.26 bits per heavy atom. The molecule has 0 atom stereocenters. The van der Waals surface area contributed by atoms with Crippen LogP contribution in [-0.4, -0.2) is 54.5 Å². The first kappa shape index (κ1) is 15.8. The number of rotatable bonds is 3. The van der Waals surface area contributed by atoms with Gasteiger partial charge < -0.3 is 19.5 Å². The number of carbonyl (C=O) groups excluding carboxylic acids is 1. The summed E-state index contributed by atoms with van der Waals surface area (Å²) in [6.07, 6.45) is -0.0837. The van der Waals surface area contributed by atoms with Gasteiger partial charge in [0, 0.05) is 20.2 Å². The minimum absolute atomic E-state index is 0.259. The van der Waals surface area contributed by atoms with Gasteiger partial charge in [-0.25, -0.2) is 4.79 Å². The van der Waals surface area contributed by atoms with Crippen molar-refractivity contribution in [1.29, 1.82) is 0 Å². The SMILES string of the molecule is COCC1(C(=O)OC(C)(C)C)CCN(C(=O)O)CC1. The zero-order valence-electron chi connectivity index (χ0n) is 12.1. The Balaban J connectivity index is 2.77. The number of carboxylic acid groups (broad SMARTS) is 1. The maximum absolute atomic E-state index is 12.3. The maximum atomic E-state index is 12.3. The normalized spacial score (nSPS) is 19.1. The van der Waals surface area contributed by atoms with Crippen molar-refractivity contribution in [2.24, 2.45) is 5.41 Å². The summed E-state index contributed by atoms with van der Waals surface area (Å²) in [6.45, 7) is 6.37. The number of ether oxygens (including phenoxy) is 2. The number of likely N-dealkylation sites (tertiary alicyclic amines) is 1. The molecule has 1 heterocycles. The topological polar surface area (TPSA) is 76.1 Å². The van der Waals surface area contributed by atoms with Crippen molar-refractivity contribution in [2.45, 2.75) is 39.2 Å². The minimum Gasteiger partial charge on any atom is -0.465 e. The van der Waals surface area contributed by atoms with Crippen LogP contribution in [0.25, 0.3) is 0 Å². The van der Waals surface area contributed by atoms with Gasteiger partial charge in [-0.15, -0.1) is 0 Å². The van der Waals surface area contributed by atoms with Crippen molar-refractivity contribution in [3.63, 3.8) is 0 Å². The van der Waals surface area contributed by atoms with Crippen molar-refractivity contribution < 1.29 is 24.2 Å². The van der Waals surface area contributed by atoms with E-state index in [1.807, 2.05) is 20.8 Å². The molecule has 1 amide bonds. The van der Waals surface area contributed by atoms with E-state index < -0.39 is 17.1 Å². The van der Waals surface area contributed by atoms with E-state index in [4.69, 9.17) is 14.6 Å². The largest absolute Gasteiger partial charge is 0.465 e. The average molecular weight is 273 g/mol. The van der Waals surface area contributed by atoms with Crippen molar-refractivity contribution >= 4 is 12.1 Å². The second-order valence-electron chi connectivity index (χ2n) is 5.98. The molecule has 0 spiro atoms. The van der Waals surface area contributed by atoms with Gasteiger partial charge in [0.1, 0.15) is 5.60 Å². The third kappa shape index (κ3) is 4.09. The lowest BCUT2D eigenvalue weighted by molar-refractivity contribution is -0.174. The van der Waals surface area contributed by atoms with Crippen molar-refractivity contribution in [3.05, 3.63) is 0 Å². The monoisotopic (exact) mass is 273 g/mol. The Morgan fingerprint density at radius 2 is 1.79 bits per heavy atom. The fraction of sp³-hybridized carbons (Fsp3) is 0.846. The second kappa shape index (κ2) is 5.77. The summed E-state index contributed by atoms with van der Waals surface area (Å²) in [5, 5.41) is 8.94. The number of methoxy groups -OCH3 is 1. The number of nitrogens with zero attached hydrogens (tertiary/aromatic N) is 1. The molecule has 110 valence electrons. The van der Waals surface area contributed by atoms with Crippen LogP contribution in [0.2, 0.25) is 0 Å². The zero-order chi connectivity index (χ0) is 14.7. The summed E-state index contributed by atoms with van der Waals surface area (Å²) < 4.78 is 10.6. The Hall–Kier alpha value is -1.30. The molecule has 0 aromatic carbocycles. The molecule has 1 N–H and O–H groups in total. The van der Waals surface area contributed by atoms with E-state index in [1.165, 1.54) is 12.0 Å². The molecule has 0 aromatic heterocycles. The van der Waals surface area contributed by atoms with Gasteiger partial charge in [-0.1, -0.05) is 0 Å². The molecule has 6 nitrogen and oxygen atoms in total. The fourth-order valence-electron chi connectivity index (χ4n) is 2.20. The lowest BCUT2D eigenvalue weighted by Crippen LogP contribution is -2.50. The van der Waals surface area contributed by atoms with Crippen LogP contribution in [0.3, 0.4) is 0 Å². The van der Waals surface area contributed by atoms with Gasteiger partial charge in [-0.05, 0) is 33.6 Å². The molecule has 1 rings (SSSR count). The summed E-state index contributed by atoms with van der Waals surface area (Å²) in [5.74, 6) is -0.299. The van der Waals surface area contributed by atoms with Gasteiger partial charge >= 0.3 is 12.1 Å². The maximum Gasteiger partial charge on any atom is 0.407 e. The van der Waals surface area contributed by atoms with Gasteiger partial charge in [0.25, 0.3) is 0 Å². The van der Waals surface area contributed by atoms with E-state index in [2.05, 4.69) is 0 Å². The molecular weight excluding hydrogens is 250 g/mol. The number of carbonyl (C=O) groups is 2. The van der Waals surface area contributed by atoms with E-state index in [-0.39, 0.29) is 12.6 Å². The van der Waals surface area contributed by atoms with E-state index in [0.29, 0.717) is 25.9 Å². The molecule has 1 aliphatic rings. The first-order valence-electron chi connectivity index (χ1n) is 6.40. The fourth-order valence-corrected chi connectivity index (χ4v) is 2.20. The highest BCUT2D eigenvalue weighted by molar-refractivity contribution is 5.78. The summed E-state index contributed by atoms with van der Waals surface area (Å²) in [4.78, 5) is 24.6. The molecule has 6 heteroatoms. The number of esters is 1. The van der Waals surface area contributed by atoms with Crippen LogP contribution in [-0.2, 0) is 14.3 Å². The molecule has 0 saturated carbocycles. The van der Waals surface area contributed by atoms with Crippen molar-refractivity contribution in [2.75, 3.05) is 26.8 Å². The Morgan fingerprint density at radius 3 is 2.16 bits per heavy atom. The van der Waals surface area contributed by atoms with Gasteiger partial charge in [0.05, 0.1) is 12.0 Å². The van der Waals surface area contributed by atoms with E-state index in [0.717, 1.165) is 0 Å². The third-order valence-corrected chi connectivity index (χ3v) is 3.24. The predicted molar refractivity (Wildman–Crippen MR) is 69.0 cm³/mol. The number of hydrogen-bond acceptors (Lipinski definition) is 4. The van der Waals surface area contributed by atoms with Crippen LogP contribution < -0.4 is 0 Å². The molecule has 0 aliphatic carbocycles. The van der Waals surface area contributed by atoms with Crippen LogP contribution in [0, 0.1) is 5.41 Å². The third-order valence-electron chi connectivity index (χ3n) is 3.24. The molecule has 1 saturated heterocycles. The summed E-state index contributed by atoms with van der Waals surface area (Å²) in [6, 6.07) is 0. The van der Waals surface area contributed by atoms with E-state index in [1.54, 1.807) is 0 Å². The molecule has 0 aromatic rings. The Kier molecular flexibility index (Phi) is 4.79. The van der Waals surface area contributed by atoms with Crippen LogP contribution in [0.5, 0.6) is 0 Å². The van der Waals surface area contributed by atoms with Gasteiger partial charge in [-0.3, -0.25) is 4.79 Å². The molecule has 0 bridgehead atoms. The lowest BCUT2D eigenvalue weighted by atomic mass is 9.79. The Labute approximate surface area is 113 Å². The van der Waals surface area contributed by atoms with Crippen molar-refractivity contribution in [1.82, 2.24) is 4.90 Å². The number of piperidine rings is 1. The minimum atomic E-state index is -0.949. The van der Waals surface area contributed by atoms with Crippen molar-refractivity contribution in [3.8, 4) is 0 Å². The highest BCUT2D eigenvalue weighted by Crippen LogP contribution is 2.34. The number of hydrogen-bond donors (Lipinski definition) is 1. The van der Waals surface area contributed by atoms with Crippen LogP contribution in [0.1, 0.15) is 33.6 Å². The summed E-state index contributed by atoms with van der Waals surface area (Å²) >= 11 is 0. The molecular formula is C13H23NO5. The van der Waals surface area contributed by atoms with Crippen LogP contribution in [0.4, 0.5) is 4.79 Å². The molecule has 0 radical (unpaired) electrons. The summed E-state index contributed by atoms with van der Waals surface area (Å²) in [7, 11) is 1.54. The van der Waals surface area contributed by atoms with Crippen LogP contribution in [0.15, 0.2) is 0 Å². The predicted octanol–water partition coefficient (Wildman–Crippen LogP) is 1.73. The number of amides is 1. The molecule has 0 unspecified atom stereocenters. The standard InChI is InChI=1S/C13H23NO5/c1-12(2,3)19-10(15)13(9-18-4)5-7-14(8-6-13)11(16)17/h5-9H2,1-4H3,(H,16,17). The molecule has 1 aliphatic heterocycles. The van der Waals surface area contributed by atoms with Gasteiger partial charge in [-0.2, -0.15) is 0 Å². The van der Waals surface area contributed by atoms with E-state index in [9.17, 15) is 9.59 Å². The second-order valence-corrected chi connectivity index (χ2v) is 5.98. The van der Waals surface area contributed by atoms with Crippen LogP contribution >= 0.6 is 0 Å². The first-order chi connectivity index (χ1) is 8.70. The zero-order valence-corrected chi connectivity index (χ0v) is 12.1. The average Bonchev–Trinajstić information content (AvgIpc) is 2.27. The smallest absolute Gasteiger partial charge is 0.407 e. The van der Waals surface area contributed by atoms with E-state index >= 15 is 0 Å². The highest BCUT2D eigenvalue weighted by atomic mass is 16.6. The quantitative estimate of drug-likeness (QED) is 0.792. The molecule has 19 heavy (non-hydrogen) atoms. The lowest BCUT2D eigenvalue weighted by Gasteiger charge is -2.39. The van der Waals surface area contributed by atoms with Gasteiger partial charge in [0.15, 0.2) is 0 Å². The summed E-state index contributed by atoms with van der Waals surface area (Å²) in [5.41, 5.74) is -1.28.